The number of phenolic OH excluding ortho intramolecular Hbond substituents is 1. The quantitative estimate of drug-likeness (QED) is 0.456. The van der Waals surface area contributed by atoms with E-state index in [2.05, 4.69) is 5.32 Å². The van der Waals surface area contributed by atoms with Crippen LogP contribution < -0.4 is 5.32 Å². The summed E-state index contributed by atoms with van der Waals surface area (Å²) in [6.07, 6.45) is 1.09. The first kappa shape index (κ1) is 24.5. The molecule has 33 heavy (non-hydrogen) atoms. The standard InChI is InChI=1S/C24H27ClN2O6/c1-14-6-3-7-16(12-14)8-4-11-20(29)27-13-18(25)21(24(27,33)23(31)32)26-22(30)17-9-5-10-19(28)15(17)2/h3,5-7,9-10,12,18,21,28,33H,4,8,11,13H2,1-2H3,(H,26,30)(H,31,32)/t18?,21?,24-/m1/s1. The number of carboxylic acids is 1. The summed E-state index contributed by atoms with van der Waals surface area (Å²) in [6.45, 7) is 3.27. The molecule has 176 valence electrons. The maximum Gasteiger partial charge on any atom is 0.359 e. The normalized spacial score (nSPS) is 22.2. The van der Waals surface area contributed by atoms with Gasteiger partial charge in [0, 0.05) is 24.1 Å². The molecule has 0 bridgehead atoms. The lowest BCUT2D eigenvalue weighted by Crippen LogP contribution is -2.63. The third-order valence-corrected chi connectivity index (χ3v) is 6.34. The van der Waals surface area contributed by atoms with Crippen molar-refractivity contribution in [2.45, 2.75) is 50.3 Å². The second-order valence-electron chi connectivity index (χ2n) is 8.30. The number of phenols is 1. The number of hydrogen-bond acceptors (Lipinski definition) is 5. The Bertz CT molecular complexity index is 1070. The smallest absolute Gasteiger partial charge is 0.359 e. The van der Waals surface area contributed by atoms with Crippen LogP contribution in [-0.4, -0.2) is 61.7 Å². The first-order valence-corrected chi connectivity index (χ1v) is 11.0. The van der Waals surface area contributed by atoms with Gasteiger partial charge in [0.1, 0.15) is 11.8 Å². The fraction of sp³-hybridized carbons (Fsp3) is 0.375. The molecule has 0 saturated carbocycles. The number of halogens is 1. The predicted molar refractivity (Wildman–Crippen MR) is 122 cm³/mol. The van der Waals surface area contributed by atoms with Gasteiger partial charge in [-0.3, -0.25) is 9.59 Å². The Morgan fingerprint density at radius 1 is 1.18 bits per heavy atom. The van der Waals surface area contributed by atoms with E-state index in [1.165, 1.54) is 25.1 Å². The minimum atomic E-state index is -2.70. The van der Waals surface area contributed by atoms with Gasteiger partial charge in [-0.1, -0.05) is 35.9 Å². The van der Waals surface area contributed by atoms with E-state index in [1.807, 2.05) is 31.2 Å². The van der Waals surface area contributed by atoms with E-state index in [0.717, 1.165) is 16.0 Å². The van der Waals surface area contributed by atoms with Crippen molar-refractivity contribution in [3.05, 3.63) is 64.7 Å². The fourth-order valence-electron chi connectivity index (χ4n) is 4.11. The third kappa shape index (κ3) is 4.96. The molecule has 1 aliphatic heterocycles. The summed E-state index contributed by atoms with van der Waals surface area (Å²) in [4.78, 5) is 38.5. The summed E-state index contributed by atoms with van der Waals surface area (Å²) >= 11 is 6.31. The maximum absolute atomic E-state index is 12.9. The average molecular weight is 475 g/mol. The van der Waals surface area contributed by atoms with Crippen LogP contribution >= 0.6 is 11.6 Å². The van der Waals surface area contributed by atoms with Crippen LogP contribution in [0, 0.1) is 13.8 Å². The number of rotatable bonds is 7. The molecule has 0 aliphatic carbocycles. The van der Waals surface area contributed by atoms with Crippen LogP contribution in [0.3, 0.4) is 0 Å². The van der Waals surface area contributed by atoms with Crippen LogP contribution in [0.2, 0.25) is 0 Å². The van der Waals surface area contributed by atoms with Crippen molar-refractivity contribution in [3.8, 4) is 5.75 Å². The number of carbonyl (C=O) groups excluding carboxylic acids is 2. The Kier molecular flexibility index (Phi) is 7.29. The van der Waals surface area contributed by atoms with E-state index in [4.69, 9.17) is 11.6 Å². The van der Waals surface area contributed by atoms with Crippen LogP contribution in [0.1, 0.15) is 39.9 Å². The molecule has 2 aromatic rings. The molecule has 4 N–H and O–H groups in total. The lowest BCUT2D eigenvalue weighted by atomic mass is 10.0. The van der Waals surface area contributed by atoms with Gasteiger partial charge in [0.2, 0.25) is 5.91 Å². The molecule has 2 aromatic carbocycles. The molecule has 3 rings (SSSR count). The summed E-state index contributed by atoms with van der Waals surface area (Å²) in [5, 5.41) is 32.1. The number of carboxylic acid groups (broad SMARTS) is 1. The lowest BCUT2D eigenvalue weighted by Gasteiger charge is -2.34. The van der Waals surface area contributed by atoms with Crippen LogP contribution in [0.15, 0.2) is 42.5 Å². The van der Waals surface area contributed by atoms with Crippen molar-refractivity contribution < 1.29 is 29.7 Å². The van der Waals surface area contributed by atoms with E-state index in [9.17, 15) is 29.7 Å². The summed E-state index contributed by atoms with van der Waals surface area (Å²) in [6, 6.07) is 10.7. The van der Waals surface area contributed by atoms with E-state index < -0.39 is 34.9 Å². The van der Waals surface area contributed by atoms with Crippen LogP contribution in [0.4, 0.5) is 0 Å². The monoisotopic (exact) mass is 474 g/mol. The van der Waals surface area contributed by atoms with Crippen molar-refractivity contribution in [2.75, 3.05) is 6.54 Å². The highest BCUT2D eigenvalue weighted by atomic mass is 35.5. The maximum atomic E-state index is 12.9. The Balaban J connectivity index is 1.74. The SMILES string of the molecule is Cc1cccc(CCCC(=O)N2CC(Cl)C(NC(=O)c3cccc(O)c3C)[C@@]2(O)C(=O)O)c1. The van der Waals surface area contributed by atoms with Gasteiger partial charge in [0.05, 0.1) is 5.38 Å². The number of aliphatic hydroxyl groups is 1. The van der Waals surface area contributed by atoms with Gasteiger partial charge in [0.15, 0.2) is 0 Å². The molecule has 0 aromatic heterocycles. The van der Waals surface area contributed by atoms with Crippen LogP contribution in [0.25, 0.3) is 0 Å². The summed E-state index contributed by atoms with van der Waals surface area (Å²) < 4.78 is 0. The number of nitrogens with one attached hydrogen (secondary N) is 1. The topological polar surface area (TPSA) is 127 Å². The minimum Gasteiger partial charge on any atom is -0.508 e. The van der Waals surface area contributed by atoms with E-state index in [1.54, 1.807) is 0 Å². The molecule has 1 fully saturated rings. The Morgan fingerprint density at radius 2 is 1.88 bits per heavy atom. The van der Waals surface area contributed by atoms with E-state index in [-0.39, 0.29) is 24.3 Å². The highest BCUT2D eigenvalue weighted by Gasteiger charge is 2.60. The number of nitrogens with zero attached hydrogens (tertiary/aromatic N) is 1. The van der Waals surface area contributed by atoms with Crippen LogP contribution in [0.5, 0.6) is 5.75 Å². The second kappa shape index (κ2) is 9.80. The molecule has 3 atom stereocenters. The average Bonchev–Trinajstić information content (AvgIpc) is 3.01. The highest BCUT2D eigenvalue weighted by Crippen LogP contribution is 2.33. The van der Waals surface area contributed by atoms with Crippen LogP contribution in [-0.2, 0) is 16.0 Å². The number of hydrogen-bond donors (Lipinski definition) is 4. The molecule has 1 saturated heterocycles. The molecule has 9 heteroatoms. The minimum absolute atomic E-state index is 0.0134. The molecular formula is C24H27ClN2O6. The summed E-state index contributed by atoms with van der Waals surface area (Å²) in [5.41, 5.74) is -0.145. The van der Waals surface area contributed by atoms with E-state index in [0.29, 0.717) is 18.4 Å². The molecular weight excluding hydrogens is 448 g/mol. The fourth-order valence-corrected chi connectivity index (χ4v) is 4.48. The summed E-state index contributed by atoms with van der Waals surface area (Å²) in [7, 11) is 0. The van der Waals surface area contributed by atoms with E-state index >= 15 is 0 Å². The number of alkyl halides is 1. The number of amides is 2. The van der Waals surface area contributed by atoms with Crippen molar-refractivity contribution in [1.82, 2.24) is 10.2 Å². The molecule has 0 spiro atoms. The van der Waals surface area contributed by atoms with Gasteiger partial charge in [-0.2, -0.15) is 0 Å². The highest BCUT2D eigenvalue weighted by molar-refractivity contribution is 6.22. The molecule has 1 heterocycles. The lowest BCUT2D eigenvalue weighted by molar-refractivity contribution is -0.185. The van der Waals surface area contributed by atoms with Crippen molar-refractivity contribution in [3.63, 3.8) is 0 Å². The number of likely N-dealkylation sites (tertiary alicyclic amines) is 1. The zero-order valence-electron chi connectivity index (χ0n) is 18.4. The number of aryl methyl sites for hydroxylation is 2. The second-order valence-corrected chi connectivity index (χ2v) is 8.86. The predicted octanol–water partition coefficient (Wildman–Crippen LogP) is 2.35. The zero-order valence-corrected chi connectivity index (χ0v) is 19.2. The van der Waals surface area contributed by atoms with Gasteiger partial charge in [-0.05, 0) is 44.4 Å². The number of aromatic hydroxyl groups is 1. The Morgan fingerprint density at radius 3 is 2.55 bits per heavy atom. The number of aliphatic carboxylic acids is 1. The number of carbonyl (C=O) groups is 3. The Labute approximate surface area is 196 Å². The molecule has 1 aliphatic rings. The third-order valence-electron chi connectivity index (χ3n) is 5.95. The number of benzene rings is 2. The summed E-state index contributed by atoms with van der Waals surface area (Å²) in [5.74, 6) is -3.07. The van der Waals surface area contributed by atoms with Crippen molar-refractivity contribution in [2.24, 2.45) is 0 Å². The molecule has 2 amide bonds. The molecule has 8 nitrogen and oxygen atoms in total. The van der Waals surface area contributed by atoms with Crippen molar-refractivity contribution in [1.29, 1.82) is 0 Å². The van der Waals surface area contributed by atoms with Crippen molar-refractivity contribution >= 4 is 29.4 Å². The first-order valence-electron chi connectivity index (χ1n) is 10.6. The first-order chi connectivity index (χ1) is 15.6. The van der Waals surface area contributed by atoms with Gasteiger partial charge in [-0.25, -0.2) is 4.79 Å². The molecule has 0 radical (unpaired) electrons. The molecule has 2 unspecified atom stereocenters. The van der Waals surface area contributed by atoms with Gasteiger partial charge in [-0.15, -0.1) is 11.6 Å². The zero-order chi connectivity index (χ0) is 24.3. The van der Waals surface area contributed by atoms with Gasteiger partial charge < -0.3 is 25.5 Å². The van der Waals surface area contributed by atoms with Gasteiger partial charge >= 0.3 is 5.97 Å². The Hall–Kier alpha value is -3.10. The van der Waals surface area contributed by atoms with Gasteiger partial charge in [0.25, 0.3) is 11.6 Å². The largest absolute Gasteiger partial charge is 0.508 e.